The molecule has 0 aromatic heterocycles. The smallest absolute Gasteiger partial charge is 0.125 e. The molecule has 0 saturated carbocycles. The number of aliphatic hydroxyl groups is 1. The summed E-state index contributed by atoms with van der Waals surface area (Å²) in [4.78, 5) is 0. The molecule has 1 N–H and O–H groups in total. The van der Waals surface area contributed by atoms with E-state index in [1.807, 2.05) is 6.08 Å². The molecule has 0 aliphatic carbocycles. The van der Waals surface area contributed by atoms with Crippen LogP contribution in [0.25, 0.3) is 0 Å². The third-order valence-electron chi connectivity index (χ3n) is 2.00. The fourth-order valence-electron chi connectivity index (χ4n) is 1.22. The number of hydrogen-bond acceptors (Lipinski definition) is 2. The Morgan fingerprint density at radius 3 is 2.93 bits per heavy atom. The van der Waals surface area contributed by atoms with Crippen molar-refractivity contribution < 1.29 is 14.2 Å². The van der Waals surface area contributed by atoms with Crippen LogP contribution in [0, 0.1) is 5.82 Å². The van der Waals surface area contributed by atoms with Crippen molar-refractivity contribution in [3.63, 3.8) is 0 Å². The zero-order valence-electron chi connectivity index (χ0n) is 8.58. The van der Waals surface area contributed by atoms with Gasteiger partial charge in [0, 0.05) is 5.56 Å². The second-order valence-corrected chi connectivity index (χ2v) is 3.19. The predicted molar refractivity (Wildman–Crippen MR) is 57.2 cm³/mol. The lowest BCUT2D eigenvalue weighted by molar-refractivity contribution is 0.261. The van der Waals surface area contributed by atoms with Crippen LogP contribution in [0.5, 0.6) is 5.75 Å². The van der Waals surface area contributed by atoms with Crippen LogP contribution < -0.4 is 4.74 Å². The molecule has 2 nitrogen and oxygen atoms in total. The van der Waals surface area contributed by atoms with Crippen molar-refractivity contribution in [3.05, 3.63) is 42.2 Å². The molecule has 0 unspecified atom stereocenters. The summed E-state index contributed by atoms with van der Waals surface area (Å²) in [6.45, 7) is 3.94. The highest BCUT2D eigenvalue weighted by molar-refractivity contribution is 5.33. The molecule has 1 aromatic carbocycles. The summed E-state index contributed by atoms with van der Waals surface area (Å²) in [5, 5.41) is 8.98. The second kappa shape index (κ2) is 6.19. The van der Waals surface area contributed by atoms with Crippen molar-refractivity contribution in [2.45, 2.75) is 19.4 Å². The first-order valence-electron chi connectivity index (χ1n) is 4.91. The van der Waals surface area contributed by atoms with E-state index >= 15 is 0 Å². The van der Waals surface area contributed by atoms with Crippen LogP contribution in [0.1, 0.15) is 18.4 Å². The largest absolute Gasteiger partial charge is 0.493 e. The lowest BCUT2D eigenvalue weighted by Crippen LogP contribution is -2.00. The van der Waals surface area contributed by atoms with E-state index in [4.69, 9.17) is 9.84 Å². The number of rotatable bonds is 6. The van der Waals surface area contributed by atoms with Gasteiger partial charge in [0.15, 0.2) is 0 Å². The van der Waals surface area contributed by atoms with Gasteiger partial charge in [-0.05, 0) is 31.0 Å². The van der Waals surface area contributed by atoms with Gasteiger partial charge in [-0.25, -0.2) is 4.39 Å². The molecule has 0 atom stereocenters. The molecule has 0 saturated heterocycles. The average molecular weight is 210 g/mol. The number of hydrogen-bond donors (Lipinski definition) is 1. The van der Waals surface area contributed by atoms with Gasteiger partial charge < -0.3 is 9.84 Å². The number of aliphatic hydroxyl groups excluding tert-OH is 1. The Labute approximate surface area is 89.0 Å². The molecule has 0 amide bonds. The van der Waals surface area contributed by atoms with Gasteiger partial charge in [0.25, 0.3) is 0 Å². The lowest BCUT2D eigenvalue weighted by atomic mass is 10.2. The molecule has 0 aliphatic rings. The van der Waals surface area contributed by atoms with Crippen LogP contribution in [0.4, 0.5) is 4.39 Å². The maximum absolute atomic E-state index is 12.8. The SMILES string of the molecule is C=CCCCOc1ccc(F)cc1CO. The van der Waals surface area contributed by atoms with Crippen LogP contribution in [0.2, 0.25) is 0 Å². The number of ether oxygens (including phenoxy) is 1. The molecule has 0 spiro atoms. The number of halogens is 1. The molecule has 0 heterocycles. The van der Waals surface area contributed by atoms with Crippen molar-refractivity contribution in [1.29, 1.82) is 0 Å². The Bertz CT molecular complexity index is 323. The number of allylic oxidation sites excluding steroid dienone is 1. The summed E-state index contributed by atoms with van der Waals surface area (Å²) >= 11 is 0. The highest BCUT2D eigenvalue weighted by Crippen LogP contribution is 2.19. The van der Waals surface area contributed by atoms with Gasteiger partial charge in [-0.1, -0.05) is 6.08 Å². The lowest BCUT2D eigenvalue weighted by Gasteiger charge is -2.09. The van der Waals surface area contributed by atoms with E-state index in [1.54, 1.807) is 0 Å². The first kappa shape index (κ1) is 11.7. The van der Waals surface area contributed by atoms with Gasteiger partial charge in [0.1, 0.15) is 11.6 Å². The molecule has 3 heteroatoms. The summed E-state index contributed by atoms with van der Waals surface area (Å²) in [6.07, 6.45) is 3.57. The van der Waals surface area contributed by atoms with Crippen molar-refractivity contribution in [2.24, 2.45) is 0 Å². The van der Waals surface area contributed by atoms with Gasteiger partial charge in [-0.15, -0.1) is 6.58 Å². The van der Waals surface area contributed by atoms with Crippen LogP contribution in [0.3, 0.4) is 0 Å². The monoisotopic (exact) mass is 210 g/mol. The van der Waals surface area contributed by atoms with Gasteiger partial charge in [0.2, 0.25) is 0 Å². The standard InChI is InChI=1S/C12H15FO2/c1-2-3-4-7-15-12-6-5-11(13)8-10(12)9-14/h2,5-6,8,14H,1,3-4,7,9H2. The van der Waals surface area contributed by atoms with E-state index in [9.17, 15) is 4.39 Å². The third-order valence-corrected chi connectivity index (χ3v) is 2.00. The molecule has 15 heavy (non-hydrogen) atoms. The van der Waals surface area contributed by atoms with Crippen molar-refractivity contribution in [3.8, 4) is 5.75 Å². The molecular formula is C12H15FO2. The van der Waals surface area contributed by atoms with Crippen LogP contribution in [-0.4, -0.2) is 11.7 Å². The minimum Gasteiger partial charge on any atom is -0.493 e. The molecule has 0 radical (unpaired) electrons. The summed E-state index contributed by atoms with van der Waals surface area (Å²) in [5.41, 5.74) is 0.480. The Hall–Kier alpha value is -1.35. The minimum absolute atomic E-state index is 0.214. The average Bonchev–Trinajstić information content (AvgIpc) is 2.26. The van der Waals surface area contributed by atoms with E-state index in [0.717, 1.165) is 12.8 Å². The molecule has 0 fully saturated rings. The number of benzene rings is 1. The maximum Gasteiger partial charge on any atom is 0.125 e. The summed E-state index contributed by atoms with van der Waals surface area (Å²) in [5.74, 6) is 0.181. The Balaban J connectivity index is 2.55. The molecule has 0 bridgehead atoms. The maximum atomic E-state index is 12.8. The highest BCUT2D eigenvalue weighted by Gasteiger charge is 2.03. The molecular weight excluding hydrogens is 195 g/mol. The fraction of sp³-hybridized carbons (Fsp3) is 0.333. The molecule has 82 valence electrons. The minimum atomic E-state index is -0.363. The van der Waals surface area contributed by atoms with E-state index < -0.39 is 0 Å². The molecule has 1 aromatic rings. The highest BCUT2D eigenvalue weighted by atomic mass is 19.1. The molecule has 1 rings (SSSR count). The zero-order chi connectivity index (χ0) is 11.1. The van der Waals surface area contributed by atoms with Crippen LogP contribution in [0.15, 0.2) is 30.9 Å². The Kier molecular flexibility index (Phi) is 4.84. The van der Waals surface area contributed by atoms with Crippen LogP contribution >= 0.6 is 0 Å². The van der Waals surface area contributed by atoms with E-state index in [0.29, 0.717) is 17.9 Å². The first-order chi connectivity index (χ1) is 7.27. The normalized spacial score (nSPS) is 10.0. The van der Waals surface area contributed by atoms with Gasteiger partial charge in [-0.2, -0.15) is 0 Å². The van der Waals surface area contributed by atoms with Crippen molar-refractivity contribution in [2.75, 3.05) is 6.61 Å². The topological polar surface area (TPSA) is 29.5 Å². The Morgan fingerprint density at radius 1 is 1.47 bits per heavy atom. The van der Waals surface area contributed by atoms with Gasteiger partial charge >= 0.3 is 0 Å². The van der Waals surface area contributed by atoms with Crippen molar-refractivity contribution >= 4 is 0 Å². The van der Waals surface area contributed by atoms with E-state index in [1.165, 1.54) is 18.2 Å². The number of unbranched alkanes of at least 4 members (excludes halogenated alkanes) is 1. The zero-order valence-corrected chi connectivity index (χ0v) is 8.58. The predicted octanol–water partition coefficient (Wildman–Crippen LogP) is 2.66. The van der Waals surface area contributed by atoms with Crippen molar-refractivity contribution in [1.82, 2.24) is 0 Å². The summed E-state index contributed by atoms with van der Waals surface area (Å²) < 4.78 is 18.2. The second-order valence-electron chi connectivity index (χ2n) is 3.19. The molecule has 0 aliphatic heterocycles. The van der Waals surface area contributed by atoms with Crippen LogP contribution in [-0.2, 0) is 6.61 Å². The van der Waals surface area contributed by atoms with Gasteiger partial charge in [0.05, 0.1) is 13.2 Å². The van der Waals surface area contributed by atoms with Gasteiger partial charge in [-0.3, -0.25) is 0 Å². The van der Waals surface area contributed by atoms with E-state index in [2.05, 4.69) is 6.58 Å². The van der Waals surface area contributed by atoms with E-state index in [-0.39, 0.29) is 12.4 Å². The first-order valence-corrected chi connectivity index (χ1v) is 4.91. The fourth-order valence-corrected chi connectivity index (χ4v) is 1.22. The summed E-state index contributed by atoms with van der Waals surface area (Å²) in [6, 6.07) is 4.14. The summed E-state index contributed by atoms with van der Waals surface area (Å²) in [7, 11) is 0. The quantitative estimate of drug-likeness (QED) is 0.577. The third kappa shape index (κ3) is 3.72. The Morgan fingerprint density at radius 2 is 2.27 bits per heavy atom.